The first kappa shape index (κ1) is 13.5. The van der Waals surface area contributed by atoms with Gasteiger partial charge in [-0.05, 0) is 38.7 Å². The molecule has 0 radical (unpaired) electrons. The number of aryl methyl sites for hydroxylation is 1. The molecule has 0 aliphatic carbocycles. The Balaban J connectivity index is 1.70. The van der Waals surface area contributed by atoms with Gasteiger partial charge in [0.1, 0.15) is 12.0 Å². The fraction of sp³-hybridized carbons (Fsp3) is 0.600. The van der Waals surface area contributed by atoms with E-state index in [1.807, 2.05) is 6.20 Å². The maximum Gasteiger partial charge on any atom is 0.157 e. The van der Waals surface area contributed by atoms with E-state index >= 15 is 0 Å². The largest absolute Gasteiger partial charge is 0.353 e. The molecule has 1 aliphatic heterocycles. The van der Waals surface area contributed by atoms with Gasteiger partial charge in [0.15, 0.2) is 6.29 Å². The monoisotopic (exact) mass is 275 g/mol. The third kappa shape index (κ3) is 2.69. The molecule has 2 unspecified atom stereocenters. The highest BCUT2D eigenvalue weighted by Crippen LogP contribution is 2.22. The predicted octanol–water partition coefficient (Wildman–Crippen LogP) is 2.84. The smallest absolute Gasteiger partial charge is 0.157 e. The van der Waals surface area contributed by atoms with E-state index in [9.17, 15) is 0 Å². The quantitative estimate of drug-likeness (QED) is 0.861. The van der Waals surface area contributed by atoms with E-state index in [4.69, 9.17) is 9.47 Å². The van der Waals surface area contributed by atoms with Crippen molar-refractivity contribution in [1.29, 1.82) is 0 Å². The normalized spacial score (nSPS) is 21.2. The maximum atomic E-state index is 5.87. The molecule has 2 aromatic rings. The lowest BCUT2D eigenvalue weighted by molar-refractivity contribution is -0.166. The molecule has 1 aliphatic rings. The van der Waals surface area contributed by atoms with E-state index in [-0.39, 0.29) is 12.3 Å². The zero-order valence-corrected chi connectivity index (χ0v) is 12.1. The Morgan fingerprint density at radius 3 is 3.20 bits per heavy atom. The molecule has 0 saturated carbocycles. The van der Waals surface area contributed by atoms with Crippen LogP contribution in [0.2, 0.25) is 0 Å². The van der Waals surface area contributed by atoms with Crippen molar-refractivity contribution >= 4 is 11.0 Å². The first-order chi connectivity index (χ1) is 9.75. The lowest BCUT2D eigenvalue weighted by Crippen LogP contribution is -2.25. The first-order valence-corrected chi connectivity index (χ1v) is 7.26. The van der Waals surface area contributed by atoms with Gasteiger partial charge in [-0.25, -0.2) is 9.97 Å². The Hall–Kier alpha value is -1.46. The minimum absolute atomic E-state index is 0.0382. The van der Waals surface area contributed by atoms with Gasteiger partial charge in [0.25, 0.3) is 0 Å². The molecule has 0 amide bonds. The highest BCUT2D eigenvalue weighted by atomic mass is 16.7. The molecule has 0 bridgehead atoms. The van der Waals surface area contributed by atoms with Crippen molar-refractivity contribution in [3.05, 3.63) is 24.3 Å². The molecule has 108 valence electrons. The minimum Gasteiger partial charge on any atom is -0.353 e. The van der Waals surface area contributed by atoms with Gasteiger partial charge in [-0.15, -0.1) is 0 Å². The number of hydrogen-bond donors (Lipinski definition) is 0. The number of fused-ring (bicyclic) bond motifs is 1. The van der Waals surface area contributed by atoms with Gasteiger partial charge in [-0.3, -0.25) is 0 Å². The summed E-state index contributed by atoms with van der Waals surface area (Å²) in [6.45, 7) is 5.68. The van der Waals surface area contributed by atoms with E-state index in [1.165, 1.54) is 12.0 Å². The van der Waals surface area contributed by atoms with E-state index < -0.39 is 0 Å². The van der Waals surface area contributed by atoms with Crippen molar-refractivity contribution in [2.24, 2.45) is 0 Å². The van der Waals surface area contributed by atoms with Gasteiger partial charge in [0, 0.05) is 24.4 Å². The van der Waals surface area contributed by atoms with Crippen LogP contribution in [0.1, 0.15) is 37.8 Å². The SMILES string of the molecule is Cc1cn(C(C)COC2CCCCO2)c2ncncc12. The number of nitrogens with zero attached hydrogens (tertiary/aromatic N) is 3. The highest BCUT2D eigenvalue weighted by molar-refractivity contribution is 5.79. The zero-order valence-electron chi connectivity index (χ0n) is 12.1. The summed E-state index contributed by atoms with van der Waals surface area (Å²) in [5.41, 5.74) is 2.17. The molecule has 2 aromatic heterocycles. The predicted molar refractivity (Wildman–Crippen MR) is 76.5 cm³/mol. The average Bonchev–Trinajstić information content (AvgIpc) is 2.84. The Labute approximate surface area is 118 Å². The van der Waals surface area contributed by atoms with Gasteiger partial charge in [-0.2, -0.15) is 0 Å². The van der Waals surface area contributed by atoms with Crippen molar-refractivity contribution in [3.8, 4) is 0 Å². The van der Waals surface area contributed by atoms with Gasteiger partial charge in [0.2, 0.25) is 0 Å². The Morgan fingerprint density at radius 1 is 1.50 bits per heavy atom. The van der Waals surface area contributed by atoms with Gasteiger partial charge >= 0.3 is 0 Å². The van der Waals surface area contributed by atoms with Crippen LogP contribution >= 0.6 is 0 Å². The zero-order chi connectivity index (χ0) is 13.9. The van der Waals surface area contributed by atoms with Crippen LogP contribution < -0.4 is 0 Å². The molecule has 5 nitrogen and oxygen atoms in total. The molecule has 1 saturated heterocycles. The summed E-state index contributed by atoms with van der Waals surface area (Å²) in [6, 6.07) is 0.228. The van der Waals surface area contributed by atoms with Crippen LogP contribution in [0.15, 0.2) is 18.7 Å². The fourth-order valence-corrected chi connectivity index (χ4v) is 2.65. The topological polar surface area (TPSA) is 49.2 Å². The number of hydrogen-bond acceptors (Lipinski definition) is 4. The second-order valence-corrected chi connectivity index (χ2v) is 5.46. The number of aromatic nitrogens is 3. The standard InChI is InChI=1S/C15H21N3O2/c1-11-8-18(15-13(11)7-16-10-17-15)12(2)9-20-14-5-3-4-6-19-14/h7-8,10,12,14H,3-6,9H2,1-2H3. The molecule has 1 fully saturated rings. The summed E-state index contributed by atoms with van der Waals surface area (Å²) in [7, 11) is 0. The Morgan fingerprint density at radius 2 is 2.40 bits per heavy atom. The van der Waals surface area contributed by atoms with Gasteiger partial charge in [-0.1, -0.05) is 0 Å². The average molecular weight is 275 g/mol. The third-order valence-electron chi connectivity index (χ3n) is 3.83. The van der Waals surface area contributed by atoms with E-state index in [0.717, 1.165) is 30.5 Å². The van der Waals surface area contributed by atoms with Crippen LogP contribution in [-0.4, -0.2) is 34.0 Å². The summed E-state index contributed by atoms with van der Waals surface area (Å²) in [4.78, 5) is 8.47. The third-order valence-corrected chi connectivity index (χ3v) is 3.83. The first-order valence-electron chi connectivity index (χ1n) is 7.26. The lowest BCUT2D eigenvalue weighted by Gasteiger charge is -2.24. The molecular formula is C15H21N3O2. The van der Waals surface area contributed by atoms with Crippen molar-refractivity contribution in [3.63, 3.8) is 0 Å². The van der Waals surface area contributed by atoms with Crippen molar-refractivity contribution in [2.75, 3.05) is 13.2 Å². The van der Waals surface area contributed by atoms with Crippen LogP contribution in [0.5, 0.6) is 0 Å². The minimum atomic E-state index is -0.0382. The molecule has 5 heteroatoms. The Bertz CT molecular complexity index is 576. The van der Waals surface area contributed by atoms with E-state index in [2.05, 4.69) is 34.6 Å². The van der Waals surface area contributed by atoms with Crippen LogP contribution in [0.3, 0.4) is 0 Å². The second kappa shape index (κ2) is 5.89. The summed E-state index contributed by atoms with van der Waals surface area (Å²) in [5, 5.41) is 1.10. The summed E-state index contributed by atoms with van der Waals surface area (Å²) >= 11 is 0. The van der Waals surface area contributed by atoms with E-state index in [0.29, 0.717) is 6.61 Å². The van der Waals surface area contributed by atoms with Crippen molar-refractivity contribution < 1.29 is 9.47 Å². The second-order valence-electron chi connectivity index (χ2n) is 5.46. The molecule has 3 heterocycles. The van der Waals surface area contributed by atoms with Gasteiger partial charge in [0.05, 0.1) is 12.6 Å². The summed E-state index contributed by atoms with van der Waals surface area (Å²) in [5.74, 6) is 0. The number of rotatable bonds is 4. The molecule has 0 aromatic carbocycles. The molecule has 3 rings (SSSR count). The van der Waals surface area contributed by atoms with Gasteiger partial charge < -0.3 is 14.0 Å². The lowest BCUT2D eigenvalue weighted by atomic mass is 10.2. The Kier molecular flexibility index (Phi) is 3.98. The summed E-state index contributed by atoms with van der Waals surface area (Å²) < 4.78 is 13.6. The molecule has 0 spiro atoms. The number of ether oxygens (including phenoxy) is 2. The van der Waals surface area contributed by atoms with Crippen molar-refractivity contribution in [1.82, 2.24) is 14.5 Å². The maximum absolute atomic E-state index is 5.87. The van der Waals surface area contributed by atoms with Crippen LogP contribution in [0.25, 0.3) is 11.0 Å². The van der Waals surface area contributed by atoms with Crippen LogP contribution in [-0.2, 0) is 9.47 Å². The van der Waals surface area contributed by atoms with E-state index in [1.54, 1.807) is 6.33 Å². The molecule has 0 N–H and O–H groups in total. The van der Waals surface area contributed by atoms with Crippen molar-refractivity contribution in [2.45, 2.75) is 45.4 Å². The molecular weight excluding hydrogens is 254 g/mol. The molecule has 2 atom stereocenters. The van der Waals surface area contributed by atoms with Crippen LogP contribution in [0, 0.1) is 6.92 Å². The highest BCUT2D eigenvalue weighted by Gasteiger charge is 2.17. The fourth-order valence-electron chi connectivity index (χ4n) is 2.65. The summed E-state index contributed by atoms with van der Waals surface area (Å²) in [6.07, 6.45) is 8.88. The van der Waals surface area contributed by atoms with Crippen LogP contribution in [0.4, 0.5) is 0 Å². The molecule has 20 heavy (non-hydrogen) atoms.